The lowest BCUT2D eigenvalue weighted by atomic mass is 10.2. The second-order valence-electron chi connectivity index (χ2n) is 4.00. The van der Waals surface area contributed by atoms with Crippen molar-refractivity contribution >= 4 is 29.0 Å². The van der Waals surface area contributed by atoms with Crippen LogP contribution in [0.3, 0.4) is 0 Å². The van der Waals surface area contributed by atoms with Crippen molar-refractivity contribution in [2.45, 2.75) is 0 Å². The quantitative estimate of drug-likeness (QED) is 0.596. The molecule has 8 heteroatoms. The summed E-state index contributed by atoms with van der Waals surface area (Å²) in [6.07, 6.45) is 1.27. The molecule has 0 atom stereocenters. The number of anilines is 2. The van der Waals surface area contributed by atoms with E-state index in [4.69, 9.17) is 22.2 Å². The zero-order valence-corrected chi connectivity index (χ0v) is 11.7. The van der Waals surface area contributed by atoms with Gasteiger partial charge in [-0.25, -0.2) is 15.2 Å². The second-order valence-corrected chi connectivity index (χ2v) is 4.41. The average molecular weight is 311 g/mol. The number of carbonyl (C=O) groups is 1. The summed E-state index contributed by atoms with van der Waals surface area (Å²) in [6.45, 7) is 0. The molecule has 1 amide bonds. The molecule has 0 bridgehead atoms. The first-order valence-corrected chi connectivity index (χ1v) is 6.20. The summed E-state index contributed by atoms with van der Waals surface area (Å²) in [6, 6.07) is 5.39. The van der Waals surface area contributed by atoms with Gasteiger partial charge in [0.1, 0.15) is 11.6 Å². The Bertz CT molecular complexity index is 681. The molecule has 0 unspecified atom stereocenters. The molecule has 2 aromatic rings. The fourth-order valence-electron chi connectivity index (χ4n) is 1.59. The number of benzene rings is 1. The van der Waals surface area contributed by atoms with Gasteiger partial charge in [-0.05, 0) is 18.2 Å². The van der Waals surface area contributed by atoms with E-state index in [1.807, 2.05) is 0 Å². The van der Waals surface area contributed by atoms with E-state index in [9.17, 15) is 9.18 Å². The Hall–Kier alpha value is -2.38. The molecule has 110 valence electrons. The van der Waals surface area contributed by atoms with Crippen molar-refractivity contribution in [3.8, 4) is 5.75 Å². The number of carbonyl (C=O) groups excluding carboxylic acids is 1. The van der Waals surface area contributed by atoms with Gasteiger partial charge in [-0.15, -0.1) is 0 Å². The van der Waals surface area contributed by atoms with Gasteiger partial charge in [0, 0.05) is 12.3 Å². The molecular weight excluding hydrogens is 299 g/mol. The van der Waals surface area contributed by atoms with Gasteiger partial charge in [0.25, 0.3) is 5.91 Å². The van der Waals surface area contributed by atoms with Gasteiger partial charge >= 0.3 is 0 Å². The molecule has 0 saturated carbocycles. The highest BCUT2D eigenvalue weighted by Crippen LogP contribution is 2.23. The number of hydrogen-bond acceptors (Lipinski definition) is 5. The Kier molecular flexibility index (Phi) is 4.56. The van der Waals surface area contributed by atoms with Crippen LogP contribution in [0, 0.1) is 5.82 Å². The van der Waals surface area contributed by atoms with Gasteiger partial charge in [-0.2, -0.15) is 0 Å². The first-order valence-electron chi connectivity index (χ1n) is 5.82. The lowest BCUT2D eigenvalue weighted by Crippen LogP contribution is -2.15. The minimum Gasteiger partial charge on any atom is -0.497 e. The number of methoxy groups -OCH3 is 1. The number of nitrogen functional groups attached to an aromatic ring is 1. The van der Waals surface area contributed by atoms with E-state index in [1.165, 1.54) is 37.6 Å². The number of rotatable bonds is 4. The zero-order chi connectivity index (χ0) is 15.4. The first kappa shape index (κ1) is 15.0. The highest BCUT2D eigenvalue weighted by atomic mass is 35.5. The second kappa shape index (κ2) is 6.38. The molecule has 0 radical (unpaired) electrons. The van der Waals surface area contributed by atoms with Gasteiger partial charge in [0.05, 0.1) is 23.4 Å². The van der Waals surface area contributed by atoms with Crippen LogP contribution in [0.2, 0.25) is 5.02 Å². The maximum atomic E-state index is 13.6. The molecule has 0 fully saturated rings. The van der Waals surface area contributed by atoms with Crippen molar-refractivity contribution in [3.05, 3.63) is 46.9 Å². The molecule has 0 spiro atoms. The normalized spacial score (nSPS) is 10.1. The molecule has 0 aliphatic rings. The van der Waals surface area contributed by atoms with Crippen molar-refractivity contribution < 1.29 is 13.9 Å². The molecule has 6 nitrogen and oxygen atoms in total. The number of aromatic nitrogens is 1. The van der Waals surface area contributed by atoms with Gasteiger partial charge in [0.15, 0.2) is 5.82 Å². The molecular formula is C13H12ClFN4O2. The van der Waals surface area contributed by atoms with Crippen molar-refractivity contribution in [1.29, 1.82) is 0 Å². The zero-order valence-electron chi connectivity index (χ0n) is 11.0. The third-order valence-corrected chi connectivity index (χ3v) is 2.95. The Morgan fingerprint density at radius 1 is 1.43 bits per heavy atom. The third-order valence-electron chi connectivity index (χ3n) is 2.66. The maximum Gasteiger partial charge on any atom is 0.257 e. The minimum atomic E-state index is -0.580. The molecule has 4 N–H and O–H groups in total. The van der Waals surface area contributed by atoms with E-state index in [0.29, 0.717) is 5.75 Å². The Balaban J connectivity index is 2.23. The maximum absolute atomic E-state index is 13.6. The van der Waals surface area contributed by atoms with Crippen LogP contribution in [0.15, 0.2) is 30.5 Å². The molecule has 1 aromatic carbocycles. The third kappa shape index (κ3) is 3.39. The molecule has 1 aromatic heterocycles. The highest BCUT2D eigenvalue weighted by Gasteiger charge is 2.12. The van der Waals surface area contributed by atoms with E-state index >= 15 is 0 Å². The number of ether oxygens (including phenoxy) is 1. The van der Waals surface area contributed by atoms with E-state index in [1.54, 1.807) is 0 Å². The Labute approximate surface area is 125 Å². The molecule has 21 heavy (non-hydrogen) atoms. The monoisotopic (exact) mass is 310 g/mol. The minimum absolute atomic E-state index is 0.00324. The van der Waals surface area contributed by atoms with Crippen LogP contribution in [0.1, 0.15) is 10.4 Å². The van der Waals surface area contributed by atoms with Crippen molar-refractivity contribution in [2.75, 3.05) is 17.9 Å². The number of nitrogens with zero attached hydrogens (tertiary/aromatic N) is 1. The summed E-state index contributed by atoms with van der Waals surface area (Å²) in [7, 11) is 1.45. The number of amides is 1. The number of nitrogens with one attached hydrogen (secondary N) is 2. The topological polar surface area (TPSA) is 89.3 Å². The average Bonchev–Trinajstić information content (AvgIpc) is 2.49. The van der Waals surface area contributed by atoms with Crippen LogP contribution in [0.4, 0.5) is 15.9 Å². The number of hydrogen-bond donors (Lipinski definition) is 3. The smallest absolute Gasteiger partial charge is 0.257 e. The molecule has 0 saturated heterocycles. The summed E-state index contributed by atoms with van der Waals surface area (Å²) in [5, 5.41) is 2.60. The lowest BCUT2D eigenvalue weighted by molar-refractivity contribution is 0.102. The van der Waals surface area contributed by atoms with Gasteiger partial charge in [0.2, 0.25) is 0 Å². The number of nitrogens with two attached hydrogens (primary N) is 1. The fourth-order valence-corrected chi connectivity index (χ4v) is 1.81. The van der Waals surface area contributed by atoms with E-state index in [0.717, 1.165) is 0 Å². The van der Waals surface area contributed by atoms with Crippen molar-refractivity contribution in [1.82, 2.24) is 4.98 Å². The Morgan fingerprint density at radius 2 is 2.19 bits per heavy atom. The van der Waals surface area contributed by atoms with Crippen LogP contribution >= 0.6 is 11.6 Å². The largest absolute Gasteiger partial charge is 0.497 e. The lowest BCUT2D eigenvalue weighted by Gasteiger charge is -2.09. The van der Waals surface area contributed by atoms with Crippen molar-refractivity contribution in [3.63, 3.8) is 0 Å². The predicted molar refractivity (Wildman–Crippen MR) is 78.0 cm³/mol. The van der Waals surface area contributed by atoms with Crippen LogP contribution in [-0.4, -0.2) is 18.0 Å². The number of halogens is 2. The standard InChI is InChI=1S/C13H12ClFN4O2/c1-21-8-2-3-10(15)11(5-8)18-13(20)7-4-9(14)12(19-16)17-6-7/h2-6H,16H2,1H3,(H,17,19)(H,18,20). The SMILES string of the molecule is COc1ccc(F)c(NC(=O)c2cnc(NN)c(Cl)c2)c1. The Morgan fingerprint density at radius 3 is 2.81 bits per heavy atom. The number of hydrazine groups is 1. The predicted octanol–water partition coefficient (Wildman–Crippen LogP) is 2.42. The summed E-state index contributed by atoms with van der Waals surface area (Å²) < 4.78 is 18.6. The van der Waals surface area contributed by atoms with Gasteiger partial charge < -0.3 is 15.5 Å². The molecule has 1 heterocycles. The van der Waals surface area contributed by atoms with E-state index < -0.39 is 11.7 Å². The van der Waals surface area contributed by atoms with Gasteiger partial charge in [-0.1, -0.05) is 11.6 Å². The molecule has 0 aliphatic carbocycles. The first-order chi connectivity index (χ1) is 10.0. The fraction of sp³-hybridized carbons (Fsp3) is 0.0769. The summed E-state index contributed by atoms with van der Waals surface area (Å²) >= 11 is 5.88. The van der Waals surface area contributed by atoms with Crippen LogP contribution < -0.4 is 21.3 Å². The van der Waals surface area contributed by atoms with Crippen LogP contribution in [-0.2, 0) is 0 Å². The van der Waals surface area contributed by atoms with E-state index in [-0.39, 0.29) is 22.1 Å². The number of pyridine rings is 1. The molecule has 2 rings (SSSR count). The molecule has 0 aliphatic heterocycles. The van der Waals surface area contributed by atoms with Crippen LogP contribution in [0.5, 0.6) is 5.75 Å². The highest BCUT2D eigenvalue weighted by molar-refractivity contribution is 6.33. The summed E-state index contributed by atoms with van der Waals surface area (Å²) in [4.78, 5) is 15.9. The summed E-state index contributed by atoms with van der Waals surface area (Å²) in [5.41, 5.74) is 2.45. The summed E-state index contributed by atoms with van der Waals surface area (Å²) in [5.74, 6) is 4.71. The van der Waals surface area contributed by atoms with Gasteiger partial charge in [-0.3, -0.25) is 4.79 Å². The van der Waals surface area contributed by atoms with Crippen LogP contribution in [0.25, 0.3) is 0 Å². The van der Waals surface area contributed by atoms with Crippen molar-refractivity contribution in [2.24, 2.45) is 5.84 Å². The van der Waals surface area contributed by atoms with E-state index in [2.05, 4.69) is 15.7 Å².